The van der Waals surface area contributed by atoms with Crippen molar-refractivity contribution in [1.29, 1.82) is 0 Å². The fraction of sp³-hybridized carbons (Fsp3) is 0.538. The molecule has 1 saturated heterocycles. The molecule has 0 bridgehead atoms. The molecule has 0 aromatic heterocycles. The normalized spacial score (nSPS) is 26.0. The molecule has 1 fully saturated rings. The summed E-state index contributed by atoms with van der Waals surface area (Å²) in [6.45, 7) is 0.320. The first-order valence-electron chi connectivity index (χ1n) is 5.81. The molecule has 1 nitrogen and oxygen atoms in total. The second kappa shape index (κ2) is 6.98. The van der Waals surface area contributed by atoms with Crippen LogP contribution in [0.4, 0.5) is 0 Å². The van der Waals surface area contributed by atoms with Crippen molar-refractivity contribution < 1.29 is 5.11 Å². The summed E-state index contributed by atoms with van der Waals surface area (Å²) in [6, 6.07) is 10.8. The molecule has 1 heterocycles. The standard InChI is InChI=1S/C13H18OS3/c1-15-12(10-5-3-2-4-6-10)13-16-9-11(17-13)7-8-14/h2-6,11-14H,7-9H2,1H3. The number of hydrogen-bond donors (Lipinski definition) is 1. The lowest BCUT2D eigenvalue weighted by Gasteiger charge is -2.21. The molecule has 3 atom stereocenters. The smallest absolute Gasteiger partial charge is 0.0665 e. The van der Waals surface area contributed by atoms with Crippen LogP contribution >= 0.6 is 35.3 Å². The van der Waals surface area contributed by atoms with Gasteiger partial charge in [0.05, 0.1) is 9.83 Å². The van der Waals surface area contributed by atoms with Crippen LogP contribution < -0.4 is 0 Å². The van der Waals surface area contributed by atoms with Gasteiger partial charge in [-0.05, 0) is 18.2 Å². The zero-order chi connectivity index (χ0) is 12.1. The van der Waals surface area contributed by atoms with E-state index in [0.717, 1.165) is 6.42 Å². The summed E-state index contributed by atoms with van der Waals surface area (Å²) in [5, 5.41) is 10.2. The van der Waals surface area contributed by atoms with Crippen molar-refractivity contribution >= 4 is 35.3 Å². The van der Waals surface area contributed by atoms with E-state index < -0.39 is 0 Å². The molecule has 4 heteroatoms. The SMILES string of the molecule is CSC(c1ccccc1)C1SCC(CCO)S1. The van der Waals surface area contributed by atoms with E-state index in [9.17, 15) is 0 Å². The highest BCUT2D eigenvalue weighted by Crippen LogP contribution is 2.50. The van der Waals surface area contributed by atoms with Crippen molar-refractivity contribution in [1.82, 2.24) is 0 Å². The second-order valence-corrected chi connectivity index (χ2v) is 7.94. The number of rotatable bonds is 5. The van der Waals surface area contributed by atoms with E-state index in [0.29, 0.717) is 21.7 Å². The predicted octanol–water partition coefficient (Wildman–Crippen LogP) is 3.65. The molecule has 0 spiro atoms. The van der Waals surface area contributed by atoms with Gasteiger partial charge in [0.2, 0.25) is 0 Å². The Hall–Kier alpha value is 0.230. The van der Waals surface area contributed by atoms with Crippen LogP contribution in [0.3, 0.4) is 0 Å². The van der Waals surface area contributed by atoms with Crippen LogP contribution in [0.1, 0.15) is 17.2 Å². The second-order valence-electron chi connectivity index (χ2n) is 4.04. The summed E-state index contributed by atoms with van der Waals surface area (Å²) in [4.78, 5) is 0. The van der Waals surface area contributed by atoms with E-state index in [-0.39, 0.29) is 0 Å². The first-order valence-corrected chi connectivity index (χ1v) is 9.08. The van der Waals surface area contributed by atoms with Gasteiger partial charge >= 0.3 is 0 Å². The van der Waals surface area contributed by atoms with Crippen molar-refractivity contribution in [3.63, 3.8) is 0 Å². The monoisotopic (exact) mass is 286 g/mol. The lowest BCUT2D eigenvalue weighted by molar-refractivity contribution is 0.289. The number of aliphatic hydroxyl groups is 1. The van der Waals surface area contributed by atoms with Gasteiger partial charge in [-0.2, -0.15) is 11.8 Å². The quantitative estimate of drug-likeness (QED) is 0.891. The Bertz CT molecular complexity index is 331. The van der Waals surface area contributed by atoms with E-state index in [1.807, 2.05) is 35.3 Å². The maximum Gasteiger partial charge on any atom is 0.0665 e. The van der Waals surface area contributed by atoms with Crippen LogP contribution in [0.2, 0.25) is 0 Å². The first-order chi connectivity index (χ1) is 8.35. The average Bonchev–Trinajstić information content (AvgIpc) is 2.81. The van der Waals surface area contributed by atoms with Crippen molar-refractivity contribution in [3.8, 4) is 0 Å². The molecule has 1 N–H and O–H groups in total. The van der Waals surface area contributed by atoms with Gasteiger partial charge in [0, 0.05) is 17.6 Å². The lowest BCUT2D eigenvalue weighted by Crippen LogP contribution is -2.07. The van der Waals surface area contributed by atoms with Crippen LogP contribution in [-0.4, -0.2) is 33.6 Å². The third-order valence-corrected chi connectivity index (χ3v) is 7.73. The van der Waals surface area contributed by atoms with Crippen LogP contribution in [-0.2, 0) is 0 Å². The molecule has 0 saturated carbocycles. The summed E-state index contributed by atoms with van der Waals surface area (Å²) >= 11 is 6.03. The Morgan fingerprint density at radius 2 is 2.18 bits per heavy atom. The maximum atomic E-state index is 9.00. The van der Waals surface area contributed by atoms with Gasteiger partial charge in [0.1, 0.15) is 0 Å². The van der Waals surface area contributed by atoms with Gasteiger partial charge < -0.3 is 5.11 Å². The van der Waals surface area contributed by atoms with E-state index >= 15 is 0 Å². The average molecular weight is 286 g/mol. The summed E-state index contributed by atoms with van der Waals surface area (Å²) in [5.74, 6) is 1.18. The van der Waals surface area contributed by atoms with Gasteiger partial charge in [-0.1, -0.05) is 30.3 Å². The Morgan fingerprint density at radius 3 is 2.82 bits per heavy atom. The highest BCUT2D eigenvalue weighted by Gasteiger charge is 2.32. The first kappa shape index (κ1) is 13.7. The minimum Gasteiger partial charge on any atom is -0.396 e. The number of thioether (sulfide) groups is 3. The van der Waals surface area contributed by atoms with E-state index in [1.54, 1.807) is 0 Å². The molecule has 3 unspecified atom stereocenters. The van der Waals surface area contributed by atoms with E-state index in [4.69, 9.17) is 5.11 Å². The molecular formula is C13H18OS3. The lowest BCUT2D eigenvalue weighted by atomic mass is 10.2. The maximum absolute atomic E-state index is 9.00. The fourth-order valence-corrected chi connectivity index (χ4v) is 7.11. The molecule has 0 amide bonds. The molecule has 1 aliphatic rings. The van der Waals surface area contributed by atoms with Gasteiger partial charge in [-0.25, -0.2) is 0 Å². The Kier molecular flexibility index (Phi) is 5.60. The van der Waals surface area contributed by atoms with Gasteiger partial charge in [0.15, 0.2) is 0 Å². The molecule has 1 aromatic rings. The largest absolute Gasteiger partial charge is 0.396 e. The summed E-state index contributed by atoms with van der Waals surface area (Å²) in [7, 11) is 0. The van der Waals surface area contributed by atoms with Crippen LogP contribution in [0.15, 0.2) is 30.3 Å². The van der Waals surface area contributed by atoms with Crippen LogP contribution in [0.5, 0.6) is 0 Å². The number of benzene rings is 1. The molecule has 17 heavy (non-hydrogen) atoms. The predicted molar refractivity (Wildman–Crippen MR) is 82.0 cm³/mol. The van der Waals surface area contributed by atoms with Gasteiger partial charge in [-0.3, -0.25) is 0 Å². The minimum atomic E-state index is 0.320. The van der Waals surface area contributed by atoms with Gasteiger partial charge in [0.25, 0.3) is 0 Å². The van der Waals surface area contributed by atoms with E-state index in [1.165, 1.54) is 11.3 Å². The summed E-state index contributed by atoms with van der Waals surface area (Å²) in [6.07, 6.45) is 3.13. The van der Waals surface area contributed by atoms with E-state index in [2.05, 4.69) is 36.6 Å². The molecule has 94 valence electrons. The molecule has 1 aromatic carbocycles. The summed E-state index contributed by atoms with van der Waals surface area (Å²) in [5.41, 5.74) is 1.43. The van der Waals surface area contributed by atoms with Crippen LogP contribution in [0.25, 0.3) is 0 Å². The molecule has 2 rings (SSSR count). The van der Waals surface area contributed by atoms with Gasteiger partial charge in [-0.15, -0.1) is 23.5 Å². The van der Waals surface area contributed by atoms with Crippen molar-refractivity contribution in [2.45, 2.75) is 21.5 Å². The number of hydrogen-bond acceptors (Lipinski definition) is 4. The third-order valence-electron chi connectivity index (χ3n) is 2.85. The Labute approximate surface area is 116 Å². The Morgan fingerprint density at radius 1 is 1.41 bits per heavy atom. The topological polar surface area (TPSA) is 20.2 Å². The zero-order valence-electron chi connectivity index (χ0n) is 9.91. The Balaban J connectivity index is 2.01. The molecule has 0 aliphatic carbocycles. The zero-order valence-corrected chi connectivity index (χ0v) is 12.4. The summed E-state index contributed by atoms with van der Waals surface area (Å²) < 4.78 is 0.629. The molecule has 1 aliphatic heterocycles. The van der Waals surface area contributed by atoms with Crippen LogP contribution in [0, 0.1) is 0 Å². The van der Waals surface area contributed by atoms with Crippen molar-refractivity contribution in [3.05, 3.63) is 35.9 Å². The highest BCUT2D eigenvalue weighted by molar-refractivity contribution is 8.21. The van der Waals surface area contributed by atoms with Crippen molar-refractivity contribution in [2.75, 3.05) is 18.6 Å². The third kappa shape index (κ3) is 3.60. The fourth-order valence-electron chi connectivity index (χ4n) is 1.97. The molecule has 0 radical (unpaired) electrons. The minimum absolute atomic E-state index is 0.320. The highest BCUT2D eigenvalue weighted by atomic mass is 32.2. The van der Waals surface area contributed by atoms with Crippen molar-refractivity contribution in [2.24, 2.45) is 0 Å². The number of aliphatic hydroxyl groups excluding tert-OH is 1. The molecular weight excluding hydrogens is 268 g/mol.